The number of aromatic nitrogens is 6. The molecule has 1 aliphatic heterocycles. The second-order valence-corrected chi connectivity index (χ2v) is 10.1. The number of rotatable bonds is 6. The van der Waals surface area contributed by atoms with E-state index in [9.17, 15) is 14.4 Å². The van der Waals surface area contributed by atoms with Gasteiger partial charge in [-0.3, -0.25) is 19.4 Å². The molecule has 1 aliphatic rings. The van der Waals surface area contributed by atoms with E-state index in [1.165, 1.54) is 35.4 Å². The zero-order valence-electron chi connectivity index (χ0n) is 23.3. The summed E-state index contributed by atoms with van der Waals surface area (Å²) in [6.07, 6.45) is 6.19. The van der Waals surface area contributed by atoms with Crippen LogP contribution in [0.2, 0.25) is 0 Å². The number of carbonyl (C=O) groups excluding carboxylic acids is 3. The van der Waals surface area contributed by atoms with Crippen molar-refractivity contribution in [1.29, 1.82) is 0 Å². The van der Waals surface area contributed by atoms with Gasteiger partial charge in [0.1, 0.15) is 12.1 Å². The summed E-state index contributed by atoms with van der Waals surface area (Å²) in [7, 11) is 1.47. The maximum Gasteiger partial charge on any atom is 0.295 e. The molecule has 4 aromatic heterocycles. The van der Waals surface area contributed by atoms with Gasteiger partial charge in [-0.25, -0.2) is 9.97 Å². The molecule has 0 spiro atoms. The molecule has 1 N–H and O–H groups in total. The van der Waals surface area contributed by atoms with E-state index in [0.717, 1.165) is 11.3 Å². The van der Waals surface area contributed by atoms with Gasteiger partial charge in [-0.15, -0.1) is 5.10 Å². The highest BCUT2D eigenvalue weighted by molar-refractivity contribution is 6.45. The molecule has 0 radical (unpaired) electrons. The fourth-order valence-electron chi connectivity index (χ4n) is 5.16. The zero-order chi connectivity index (χ0) is 29.4. The van der Waals surface area contributed by atoms with E-state index in [1.54, 1.807) is 23.2 Å². The number of methoxy groups -OCH3 is 1. The molecule has 212 valence electrons. The first-order valence-electron chi connectivity index (χ1n) is 13.4. The molecule has 6 rings (SSSR count). The molecular formula is C30H28N8O4. The summed E-state index contributed by atoms with van der Waals surface area (Å²) >= 11 is 0. The Bertz CT molecular complexity index is 1800. The number of aryl methyl sites for hydroxylation is 1. The zero-order valence-corrected chi connectivity index (χ0v) is 23.3. The van der Waals surface area contributed by atoms with Crippen LogP contribution in [0.1, 0.15) is 33.3 Å². The number of ketones is 1. The largest absolute Gasteiger partial charge is 0.494 e. The fourth-order valence-corrected chi connectivity index (χ4v) is 5.16. The van der Waals surface area contributed by atoms with Crippen LogP contribution in [0, 0.1) is 6.92 Å². The van der Waals surface area contributed by atoms with E-state index >= 15 is 0 Å². The number of ether oxygens (including phenoxy) is 1. The van der Waals surface area contributed by atoms with Crippen LogP contribution in [0.4, 0.5) is 0 Å². The number of piperazine rings is 1. The first-order chi connectivity index (χ1) is 20.4. The number of Topliss-reactive ketones (excluding diaryl/α,β-unsaturated/α-hetero) is 1. The topological polar surface area (TPSA) is 139 Å². The minimum Gasteiger partial charge on any atom is -0.494 e. The van der Waals surface area contributed by atoms with Gasteiger partial charge in [0.2, 0.25) is 0 Å². The summed E-state index contributed by atoms with van der Waals surface area (Å²) in [5, 5.41) is 4.97. The van der Waals surface area contributed by atoms with Crippen molar-refractivity contribution in [2.24, 2.45) is 0 Å². The number of hydrogen-bond acceptors (Lipinski definition) is 8. The summed E-state index contributed by atoms with van der Waals surface area (Å²) in [6, 6.07) is 12.5. The monoisotopic (exact) mass is 564 g/mol. The van der Waals surface area contributed by atoms with Gasteiger partial charge >= 0.3 is 0 Å². The van der Waals surface area contributed by atoms with Gasteiger partial charge in [0, 0.05) is 54.9 Å². The summed E-state index contributed by atoms with van der Waals surface area (Å²) in [4.78, 5) is 59.5. The molecular weight excluding hydrogens is 536 g/mol. The predicted octanol–water partition coefficient (Wildman–Crippen LogP) is 3.08. The van der Waals surface area contributed by atoms with Crippen molar-refractivity contribution >= 4 is 28.5 Å². The second-order valence-electron chi connectivity index (χ2n) is 10.1. The number of benzene rings is 1. The minimum absolute atomic E-state index is 0.0992. The van der Waals surface area contributed by atoms with Gasteiger partial charge in [-0.05, 0) is 38.1 Å². The van der Waals surface area contributed by atoms with Crippen LogP contribution >= 0.6 is 0 Å². The van der Waals surface area contributed by atoms with Gasteiger partial charge in [0.05, 0.1) is 29.8 Å². The molecule has 5 aromatic rings. The third kappa shape index (κ3) is 4.76. The van der Waals surface area contributed by atoms with Gasteiger partial charge in [0.25, 0.3) is 17.6 Å². The lowest BCUT2D eigenvalue weighted by Crippen LogP contribution is -2.56. The predicted molar refractivity (Wildman–Crippen MR) is 153 cm³/mol. The van der Waals surface area contributed by atoms with Crippen LogP contribution in [0.25, 0.3) is 28.1 Å². The molecule has 1 fully saturated rings. The summed E-state index contributed by atoms with van der Waals surface area (Å²) in [5.74, 6) is -0.247. The molecule has 12 heteroatoms. The molecule has 0 bridgehead atoms. The highest BCUT2D eigenvalue weighted by Crippen LogP contribution is 2.32. The van der Waals surface area contributed by atoms with Crippen LogP contribution in [-0.2, 0) is 4.79 Å². The van der Waals surface area contributed by atoms with Crippen LogP contribution in [-0.4, -0.2) is 89.9 Å². The van der Waals surface area contributed by atoms with E-state index in [4.69, 9.17) is 4.74 Å². The van der Waals surface area contributed by atoms with Crippen LogP contribution in [0.5, 0.6) is 5.75 Å². The summed E-state index contributed by atoms with van der Waals surface area (Å²) in [6.45, 7) is 4.58. The number of carbonyl (C=O) groups is 3. The van der Waals surface area contributed by atoms with E-state index in [2.05, 4.69) is 25.0 Å². The standard InChI is InChI=1S/C30H28N8O4/c1-18-9-10-21(13-31-18)27-34-17-38(35-27)28-25-24(23(42-3)15-33-28)22(14-32-25)26(39)30(41)36-11-12-37(19(2)16-36)29(40)20-7-5-4-6-8-20/h4-10,13-15,17,19,32H,11-12,16H2,1-3H3/t19-/m1/s1. The van der Waals surface area contributed by atoms with Crippen molar-refractivity contribution in [1.82, 2.24) is 39.5 Å². The molecule has 0 unspecified atom stereocenters. The Morgan fingerprint density at radius 3 is 2.52 bits per heavy atom. The average molecular weight is 565 g/mol. The lowest BCUT2D eigenvalue weighted by Gasteiger charge is -2.39. The molecule has 0 aliphatic carbocycles. The Morgan fingerprint density at radius 1 is 1.00 bits per heavy atom. The van der Waals surface area contributed by atoms with Crippen LogP contribution in [0.15, 0.2) is 67.4 Å². The Kier molecular flexibility index (Phi) is 6.95. The second kappa shape index (κ2) is 10.9. The van der Waals surface area contributed by atoms with Gasteiger partial charge in [-0.2, -0.15) is 4.68 Å². The first kappa shape index (κ1) is 26.8. The maximum absolute atomic E-state index is 13.6. The van der Waals surface area contributed by atoms with E-state index in [0.29, 0.717) is 40.4 Å². The third-order valence-electron chi connectivity index (χ3n) is 7.39. The molecule has 1 aromatic carbocycles. The highest BCUT2D eigenvalue weighted by Gasteiger charge is 2.34. The lowest BCUT2D eigenvalue weighted by atomic mass is 10.1. The smallest absolute Gasteiger partial charge is 0.295 e. The number of nitrogens with zero attached hydrogens (tertiary/aromatic N) is 7. The highest BCUT2D eigenvalue weighted by atomic mass is 16.5. The normalized spacial score (nSPS) is 15.2. The third-order valence-corrected chi connectivity index (χ3v) is 7.39. The van der Waals surface area contributed by atoms with Gasteiger partial charge in [-0.1, -0.05) is 18.2 Å². The number of fused-ring (bicyclic) bond motifs is 1. The summed E-state index contributed by atoms with van der Waals surface area (Å²) < 4.78 is 7.01. The lowest BCUT2D eigenvalue weighted by molar-refractivity contribution is -0.128. The van der Waals surface area contributed by atoms with Crippen LogP contribution < -0.4 is 4.74 Å². The number of nitrogens with one attached hydrogen (secondary N) is 1. The SMILES string of the molecule is COc1cnc(-n2cnc(-c3ccc(C)nc3)n2)c2[nH]cc(C(=O)C(=O)N3CCN(C(=O)c4ccccc4)[C@H](C)C3)c12. The minimum atomic E-state index is -0.684. The summed E-state index contributed by atoms with van der Waals surface area (Å²) in [5.41, 5.74) is 2.85. The Morgan fingerprint density at radius 2 is 1.81 bits per heavy atom. The average Bonchev–Trinajstić information content (AvgIpc) is 3.69. The first-order valence-corrected chi connectivity index (χ1v) is 13.4. The Labute approximate surface area is 241 Å². The molecule has 1 atom stereocenters. The quantitative estimate of drug-likeness (QED) is 0.245. The van der Waals surface area contributed by atoms with Crippen molar-refractivity contribution < 1.29 is 19.1 Å². The molecule has 0 saturated carbocycles. The van der Waals surface area contributed by atoms with Gasteiger partial charge in [0.15, 0.2) is 11.6 Å². The molecule has 42 heavy (non-hydrogen) atoms. The maximum atomic E-state index is 13.6. The van der Waals surface area contributed by atoms with Crippen molar-refractivity contribution in [2.75, 3.05) is 26.7 Å². The number of aromatic amines is 1. The van der Waals surface area contributed by atoms with E-state index < -0.39 is 11.7 Å². The van der Waals surface area contributed by atoms with Crippen molar-refractivity contribution in [3.8, 4) is 23.0 Å². The number of amides is 2. The Hall–Kier alpha value is -5.39. The van der Waals surface area contributed by atoms with Crippen LogP contribution in [0.3, 0.4) is 0 Å². The van der Waals surface area contributed by atoms with Gasteiger partial charge < -0.3 is 19.5 Å². The fraction of sp³-hybridized carbons (Fsp3) is 0.233. The van der Waals surface area contributed by atoms with Crippen molar-refractivity contribution in [3.05, 3.63) is 84.2 Å². The molecule has 2 amide bonds. The Balaban J connectivity index is 1.25. The number of hydrogen-bond donors (Lipinski definition) is 1. The molecule has 5 heterocycles. The molecule has 12 nitrogen and oxygen atoms in total. The van der Waals surface area contributed by atoms with Crippen molar-refractivity contribution in [3.63, 3.8) is 0 Å². The van der Waals surface area contributed by atoms with E-state index in [-0.39, 0.29) is 30.6 Å². The number of H-pyrrole nitrogens is 1. The van der Waals surface area contributed by atoms with Crippen molar-refractivity contribution in [2.45, 2.75) is 19.9 Å². The molecule has 1 saturated heterocycles. The van der Waals surface area contributed by atoms with E-state index in [1.807, 2.05) is 44.2 Å². The number of pyridine rings is 2.